The molecule has 1 aliphatic rings. The maximum absolute atomic E-state index is 11.2. The molecule has 0 aliphatic carbocycles. The van der Waals surface area contributed by atoms with Gasteiger partial charge in [0.25, 0.3) is 0 Å². The molecular weight excluding hydrogens is 300 g/mol. The Bertz CT molecular complexity index is 457. The summed E-state index contributed by atoms with van der Waals surface area (Å²) in [4.78, 5) is 12.5. The van der Waals surface area contributed by atoms with Crippen molar-refractivity contribution in [3.05, 3.63) is 28.2 Å². The SMILES string of the molecule is CC(C)(CC1CSc2ccc(Br)cc21)C(=O)O. The van der Waals surface area contributed by atoms with Crippen molar-refractivity contribution in [1.29, 1.82) is 0 Å². The number of carboxylic acids is 1. The molecule has 2 nitrogen and oxygen atoms in total. The van der Waals surface area contributed by atoms with Gasteiger partial charge in [-0.05, 0) is 49.9 Å². The Hall–Kier alpha value is -0.480. The molecule has 0 radical (unpaired) electrons. The van der Waals surface area contributed by atoms with E-state index in [0.717, 1.165) is 10.2 Å². The predicted molar refractivity (Wildman–Crippen MR) is 73.6 cm³/mol. The van der Waals surface area contributed by atoms with Gasteiger partial charge in [0.05, 0.1) is 5.41 Å². The summed E-state index contributed by atoms with van der Waals surface area (Å²) in [6.45, 7) is 3.60. The van der Waals surface area contributed by atoms with Gasteiger partial charge in [-0.3, -0.25) is 4.79 Å². The lowest BCUT2D eigenvalue weighted by Gasteiger charge is -2.23. The number of fused-ring (bicyclic) bond motifs is 1. The van der Waals surface area contributed by atoms with E-state index in [1.165, 1.54) is 10.5 Å². The summed E-state index contributed by atoms with van der Waals surface area (Å²) in [5.41, 5.74) is 0.633. The van der Waals surface area contributed by atoms with E-state index in [-0.39, 0.29) is 0 Å². The summed E-state index contributed by atoms with van der Waals surface area (Å²) in [5.74, 6) is 0.618. The summed E-state index contributed by atoms with van der Waals surface area (Å²) >= 11 is 5.30. The average Bonchev–Trinajstić information content (AvgIpc) is 2.60. The summed E-state index contributed by atoms with van der Waals surface area (Å²) in [6, 6.07) is 6.27. The molecule has 1 aromatic carbocycles. The lowest BCUT2D eigenvalue weighted by atomic mass is 9.81. The smallest absolute Gasteiger partial charge is 0.309 e. The zero-order valence-corrected chi connectivity index (χ0v) is 12.3. The molecule has 4 heteroatoms. The van der Waals surface area contributed by atoms with Gasteiger partial charge in [-0.1, -0.05) is 15.9 Å². The Morgan fingerprint density at radius 3 is 2.94 bits per heavy atom. The van der Waals surface area contributed by atoms with Crippen LogP contribution in [0.5, 0.6) is 0 Å². The fraction of sp³-hybridized carbons (Fsp3) is 0.462. The molecule has 0 bridgehead atoms. The highest BCUT2D eigenvalue weighted by Crippen LogP contribution is 2.45. The summed E-state index contributed by atoms with van der Waals surface area (Å²) in [5, 5.41) is 9.19. The molecule has 1 aliphatic heterocycles. The van der Waals surface area contributed by atoms with E-state index in [2.05, 4.69) is 28.1 Å². The maximum Gasteiger partial charge on any atom is 0.309 e. The maximum atomic E-state index is 11.2. The molecule has 1 atom stereocenters. The van der Waals surface area contributed by atoms with E-state index in [0.29, 0.717) is 12.3 Å². The van der Waals surface area contributed by atoms with Crippen molar-refractivity contribution < 1.29 is 9.90 Å². The molecule has 1 aromatic rings. The van der Waals surface area contributed by atoms with E-state index < -0.39 is 11.4 Å². The fourth-order valence-electron chi connectivity index (χ4n) is 2.12. The van der Waals surface area contributed by atoms with Gasteiger partial charge in [0.1, 0.15) is 0 Å². The molecule has 2 rings (SSSR count). The normalized spacial score (nSPS) is 19.1. The van der Waals surface area contributed by atoms with Gasteiger partial charge < -0.3 is 5.11 Å². The highest BCUT2D eigenvalue weighted by atomic mass is 79.9. The molecule has 0 spiro atoms. The van der Waals surface area contributed by atoms with Crippen molar-refractivity contribution in [2.75, 3.05) is 5.75 Å². The Morgan fingerprint density at radius 1 is 1.59 bits per heavy atom. The van der Waals surface area contributed by atoms with Crippen LogP contribution < -0.4 is 0 Å². The van der Waals surface area contributed by atoms with Crippen molar-refractivity contribution >= 4 is 33.7 Å². The van der Waals surface area contributed by atoms with E-state index in [1.54, 1.807) is 13.8 Å². The third-order valence-electron chi connectivity index (χ3n) is 3.19. The van der Waals surface area contributed by atoms with Gasteiger partial charge in [0.2, 0.25) is 0 Å². The van der Waals surface area contributed by atoms with Crippen LogP contribution in [0, 0.1) is 5.41 Å². The largest absolute Gasteiger partial charge is 0.481 e. The van der Waals surface area contributed by atoms with Crippen LogP contribution in [-0.4, -0.2) is 16.8 Å². The van der Waals surface area contributed by atoms with Crippen LogP contribution in [0.1, 0.15) is 31.7 Å². The van der Waals surface area contributed by atoms with Gasteiger partial charge in [0, 0.05) is 15.1 Å². The first kappa shape index (κ1) is 13.0. The standard InChI is InChI=1S/C13H15BrO2S/c1-13(2,12(15)16)6-8-7-17-11-4-3-9(14)5-10(8)11/h3-5,8H,6-7H2,1-2H3,(H,15,16). The number of benzene rings is 1. The molecule has 1 heterocycles. The zero-order chi connectivity index (χ0) is 12.6. The minimum Gasteiger partial charge on any atom is -0.481 e. The number of carbonyl (C=O) groups is 1. The number of rotatable bonds is 3. The van der Waals surface area contributed by atoms with Gasteiger partial charge in [-0.25, -0.2) is 0 Å². The molecule has 92 valence electrons. The minimum atomic E-state index is -0.717. The van der Waals surface area contributed by atoms with Crippen LogP contribution in [0.3, 0.4) is 0 Å². The number of thioether (sulfide) groups is 1. The highest BCUT2D eigenvalue weighted by molar-refractivity contribution is 9.10. The van der Waals surface area contributed by atoms with Crippen LogP contribution in [-0.2, 0) is 4.79 Å². The Kier molecular flexibility index (Phi) is 3.55. The Morgan fingerprint density at radius 2 is 2.29 bits per heavy atom. The lowest BCUT2D eigenvalue weighted by molar-refractivity contribution is -0.147. The Labute approximate surface area is 114 Å². The van der Waals surface area contributed by atoms with Crippen LogP contribution in [0.2, 0.25) is 0 Å². The molecule has 0 amide bonds. The van der Waals surface area contributed by atoms with Crippen molar-refractivity contribution in [2.45, 2.75) is 31.1 Å². The highest BCUT2D eigenvalue weighted by Gasteiger charge is 2.34. The molecule has 0 aromatic heterocycles. The first-order valence-electron chi connectivity index (χ1n) is 5.56. The molecule has 1 N–H and O–H groups in total. The van der Waals surface area contributed by atoms with E-state index in [4.69, 9.17) is 0 Å². The quantitative estimate of drug-likeness (QED) is 0.911. The van der Waals surface area contributed by atoms with Gasteiger partial charge in [-0.2, -0.15) is 0 Å². The van der Waals surface area contributed by atoms with E-state index in [1.807, 2.05) is 17.8 Å². The zero-order valence-electron chi connectivity index (χ0n) is 9.87. The lowest BCUT2D eigenvalue weighted by Crippen LogP contribution is -2.26. The number of hydrogen-bond acceptors (Lipinski definition) is 2. The van der Waals surface area contributed by atoms with Crippen LogP contribution >= 0.6 is 27.7 Å². The molecule has 0 saturated carbocycles. The van der Waals surface area contributed by atoms with Crippen LogP contribution in [0.25, 0.3) is 0 Å². The second kappa shape index (κ2) is 4.65. The van der Waals surface area contributed by atoms with Crippen molar-refractivity contribution in [1.82, 2.24) is 0 Å². The fourth-order valence-corrected chi connectivity index (χ4v) is 3.74. The van der Waals surface area contributed by atoms with E-state index >= 15 is 0 Å². The summed E-state index contributed by atoms with van der Waals surface area (Å²) in [6.07, 6.45) is 0.693. The molecule has 0 fully saturated rings. The average molecular weight is 315 g/mol. The Balaban J connectivity index is 2.23. The molecule has 0 saturated heterocycles. The number of carboxylic acid groups (broad SMARTS) is 1. The molecule has 1 unspecified atom stereocenters. The minimum absolute atomic E-state index is 0.346. The van der Waals surface area contributed by atoms with Gasteiger partial charge in [-0.15, -0.1) is 11.8 Å². The van der Waals surface area contributed by atoms with Crippen molar-refractivity contribution in [2.24, 2.45) is 5.41 Å². The summed E-state index contributed by atoms with van der Waals surface area (Å²) < 4.78 is 1.07. The first-order valence-corrected chi connectivity index (χ1v) is 7.33. The van der Waals surface area contributed by atoms with Crippen LogP contribution in [0.15, 0.2) is 27.6 Å². The van der Waals surface area contributed by atoms with Crippen molar-refractivity contribution in [3.8, 4) is 0 Å². The van der Waals surface area contributed by atoms with Crippen LogP contribution in [0.4, 0.5) is 0 Å². The van der Waals surface area contributed by atoms with Gasteiger partial charge >= 0.3 is 5.97 Å². The summed E-state index contributed by atoms with van der Waals surface area (Å²) in [7, 11) is 0. The molecular formula is C13H15BrO2S. The molecule has 17 heavy (non-hydrogen) atoms. The van der Waals surface area contributed by atoms with Crippen molar-refractivity contribution in [3.63, 3.8) is 0 Å². The number of aliphatic carboxylic acids is 1. The third kappa shape index (κ3) is 2.68. The second-order valence-electron chi connectivity index (χ2n) is 5.08. The van der Waals surface area contributed by atoms with E-state index in [9.17, 15) is 9.90 Å². The number of hydrogen-bond donors (Lipinski definition) is 1. The second-order valence-corrected chi connectivity index (χ2v) is 7.06. The number of halogens is 1. The predicted octanol–water partition coefficient (Wildman–Crippen LogP) is 4.14. The monoisotopic (exact) mass is 314 g/mol. The topological polar surface area (TPSA) is 37.3 Å². The van der Waals surface area contributed by atoms with Gasteiger partial charge in [0.15, 0.2) is 0 Å². The first-order chi connectivity index (χ1) is 7.90. The third-order valence-corrected chi connectivity index (χ3v) is 4.93.